The van der Waals surface area contributed by atoms with Crippen LogP contribution in [0.3, 0.4) is 0 Å². The first-order chi connectivity index (χ1) is 18.8. The number of amides is 1. The summed E-state index contributed by atoms with van der Waals surface area (Å²) in [5.74, 6) is 0.649. The second kappa shape index (κ2) is 13.2. The highest BCUT2D eigenvalue weighted by atomic mass is 35.5. The molecule has 0 saturated carbocycles. The molecule has 0 bridgehead atoms. The van der Waals surface area contributed by atoms with Crippen molar-refractivity contribution in [3.63, 3.8) is 0 Å². The fraction of sp³-hybridized carbons (Fsp3) is 0.200. The lowest BCUT2D eigenvalue weighted by molar-refractivity contribution is -0.122. The molecule has 1 amide bonds. The third-order valence-corrected chi connectivity index (χ3v) is 7.35. The molecule has 0 radical (unpaired) electrons. The Morgan fingerprint density at radius 2 is 1.82 bits per heavy atom. The molecule has 3 aromatic rings. The van der Waals surface area contributed by atoms with Crippen LogP contribution in [0.1, 0.15) is 30.5 Å². The van der Waals surface area contributed by atoms with E-state index in [1.807, 2.05) is 38.1 Å². The maximum absolute atomic E-state index is 13.3. The maximum Gasteiger partial charge on any atom is 0.266 e. The van der Waals surface area contributed by atoms with Crippen molar-refractivity contribution in [1.82, 2.24) is 4.90 Å². The average Bonchev–Trinajstić information content (AvgIpc) is 3.19. The van der Waals surface area contributed by atoms with Crippen molar-refractivity contribution in [2.75, 3.05) is 13.2 Å². The molecule has 3 aromatic carbocycles. The van der Waals surface area contributed by atoms with Crippen LogP contribution in [0, 0.1) is 5.82 Å². The number of thioether (sulfide) groups is 1. The molecule has 0 unspecified atom stereocenters. The minimum atomic E-state index is -0.342. The molecular formula is C30H27Cl2FN2O3S. The molecule has 9 heteroatoms. The molecule has 0 spiro atoms. The normalized spacial score (nSPS) is 15.3. The van der Waals surface area contributed by atoms with Gasteiger partial charge in [0.25, 0.3) is 5.91 Å². The summed E-state index contributed by atoms with van der Waals surface area (Å²) in [5.41, 5.74) is 3.00. The summed E-state index contributed by atoms with van der Waals surface area (Å²) in [4.78, 5) is 19.9. The summed E-state index contributed by atoms with van der Waals surface area (Å²) in [6, 6.07) is 14.9. The number of halogens is 3. The molecule has 1 aliphatic heterocycles. The molecule has 5 nitrogen and oxygen atoms in total. The van der Waals surface area contributed by atoms with Crippen LogP contribution >= 0.6 is 35.0 Å². The van der Waals surface area contributed by atoms with Crippen LogP contribution < -0.4 is 9.47 Å². The second-order valence-electron chi connectivity index (χ2n) is 8.49. The van der Waals surface area contributed by atoms with E-state index in [0.29, 0.717) is 56.9 Å². The monoisotopic (exact) mass is 584 g/mol. The quantitative estimate of drug-likeness (QED) is 0.177. The highest BCUT2D eigenvalue weighted by molar-refractivity contribution is 8.18. The minimum absolute atomic E-state index is 0.149. The number of carbonyl (C=O) groups is 1. The van der Waals surface area contributed by atoms with E-state index in [-0.39, 0.29) is 18.3 Å². The van der Waals surface area contributed by atoms with Crippen molar-refractivity contribution in [2.24, 2.45) is 4.99 Å². The van der Waals surface area contributed by atoms with Gasteiger partial charge in [-0.1, -0.05) is 35.3 Å². The highest BCUT2D eigenvalue weighted by Gasteiger charge is 2.32. The van der Waals surface area contributed by atoms with E-state index in [2.05, 4.69) is 11.6 Å². The van der Waals surface area contributed by atoms with Gasteiger partial charge in [0.15, 0.2) is 16.7 Å². The summed E-state index contributed by atoms with van der Waals surface area (Å²) < 4.78 is 25.5. The summed E-state index contributed by atoms with van der Waals surface area (Å²) in [6.07, 6.45) is 4.13. The summed E-state index contributed by atoms with van der Waals surface area (Å²) in [6.45, 7) is 8.77. The topological polar surface area (TPSA) is 51.1 Å². The lowest BCUT2D eigenvalue weighted by Gasteiger charge is -2.17. The van der Waals surface area contributed by atoms with Crippen LogP contribution in [-0.2, 0) is 17.8 Å². The Morgan fingerprint density at radius 1 is 1.05 bits per heavy atom. The van der Waals surface area contributed by atoms with Gasteiger partial charge in [0, 0.05) is 27.7 Å². The number of amidine groups is 1. The Bertz CT molecular complexity index is 1440. The number of hydrogen-bond acceptors (Lipinski definition) is 5. The van der Waals surface area contributed by atoms with E-state index >= 15 is 0 Å². The highest BCUT2D eigenvalue weighted by Crippen LogP contribution is 2.38. The smallest absolute Gasteiger partial charge is 0.266 e. The number of ether oxygens (including phenoxy) is 2. The van der Waals surface area contributed by atoms with Gasteiger partial charge in [0.2, 0.25) is 0 Å². The molecule has 1 aliphatic rings. The average molecular weight is 586 g/mol. The van der Waals surface area contributed by atoms with Gasteiger partial charge in [-0.05, 0) is 92.2 Å². The molecule has 0 atom stereocenters. The van der Waals surface area contributed by atoms with E-state index < -0.39 is 0 Å². The predicted octanol–water partition coefficient (Wildman–Crippen LogP) is 8.46. The number of likely N-dealkylation sites (N-methyl/N-ethyl adjacent to an activating group) is 1. The zero-order valence-corrected chi connectivity index (χ0v) is 23.9. The number of benzene rings is 3. The van der Waals surface area contributed by atoms with Gasteiger partial charge in [-0.15, -0.1) is 6.58 Å². The molecular weight excluding hydrogens is 558 g/mol. The molecule has 202 valence electrons. The zero-order chi connectivity index (χ0) is 27.9. The molecule has 39 heavy (non-hydrogen) atoms. The van der Waals surface area contributed by atoms with Crippen LogP contribution in [0.2, 0.25) is 10.0 Å². The van der Waals surface area contributed by atoms with Gasteiger partial charge in [0.1, 0.15) is 12.4 Å². The van der Waals surface area contributed by atoms with Crippen LogP contribution in [0.5, 0.6) is 11.5 Å². The number of allylic oxidation sites excluding steroid dienone is 1. The largest absolute Gasteiger partial charge is 0.490 e. The van der Waals surface area contributed by atoms with Crippen molar-refractivity contribution < 1.29 is 18.7 Å². The van der Waals surface area contributed by atoms with E-state index in [1.54, 1.807) is 35.2 Å². The molecule has 1 fully saturated rings. The third-order valence-electron chi connectivity index (χ3n) is 5.76. The Morgan fingerprint density at radius 3 is 2.49 bits per heavy atom. The fourth-order valence-electron chi connectivity index (χ4n) is 3.94. The molecule has 0 aromatic heterocycles. The first-order valence-corrected chi connectivity index (χ1v) is 13.9. The number of rotatable bonds is 10. The van der Waals surface area contributed by atoms with Gasteiger partial charge < -0.3 is 9.47 Å². The number of hydrogen-bond donors (Lipinski definition) is 0. The van der Waals surface area contributed by atoms with Gasteiger partial charge in [-0.25, -0.2) is 9.38 Å². The standard InChI is InChI=1S/C30H27Cl2FN2O3S/c1-4-7-20-14-19(15-26(37-6-3)28(20)38-18-21-8-9-22(31)17-25(21)32)16-27-29(36)35(5-2)30(39-27)34-24-12-10-23(33)11-13-24/h4,8-17H,1,5-7,18H2,2-3H3/b27-16+,34-30?. The lowest BCUT2D eigenvalue weighted by Crippen LogP contribution is -2.28. The van der Waals surface area contributed by atoms with Crippen LogP contribution in [0.25, 0.3) is 6.08 Å². The molecule has 1 saturated heterocycles. The summed E-state index contributed by atoms with van der Waals surface area (Å²) in [5, 5.41) is 1.61. The van der Waals surface area contributed by atoms with E-state index in [4.69, 9.17) is 32.7 Å². The van der Waals surface area contributed by atoms with Crippen molar-refractivity contribution in [3.8, 4) is 11.5 Å². The van der Waals surface area contributed by atoms with E-state index in [0.717, 1.165) is 16.7 Å². The Labute approximate surface area is 241 Å². The van der Waals surface area contributed by atoms with Crippen LogP contribution in [0.15, 0.2) is 77.1 Å². The molecule has 0 aliphatic carbocycles. The first-order valence-electron chi connectivity index (χ1n) is 12.4. The van der Waals surface area contributed by atoms with Crippen molar-refractivity contribution >= 4 is 57.8 Å². The predicted molar refractivity (Wildman–Crippen MR) is 159 cm³/mol. The van der Waals surface area contributed by atoms with E-state index in [9.17, 15) is 9.18 Å². The third kappa shape index (κ3) is 7.04. The maximum atomic E-state index is 13.3. The summed E-state index contributed by atoms with van der Waals surface area (Å²) >= 11 is 13.6. The fourth-order valence-corrected chi connectivity index (χ4v) is 5.46. The summed E-state index contributed by atoms with van der Waals surface area (Å²) in [7, 11) is 0. The number of carbonyl (C=O) groups excluding carboxylic acids is 1. The number of aliphatic imine (C=N–C) groups is 1. The van der Waals surface area contributed by atoms with E-state index in [1.165, 1.54) is 23.9 Å². The van der Waals surface area contributed by atoms with Crippen molar-refractivity contribution in [3.05, 3.63) is 105 Å². The Kier molecular flexibility index (Phi) is 9.73. The van der Waals surface area contributed by atoms with Crippen molar-refractivity contribution in [2.45, 2.75) is 26.9 Å². The van der Waals surface area contributed by atoms with Gasteiger partial charge in [-0.3, -0.25) is 9.69 Å². The second-order valence-corrected chi connectivity index (χ2v) is 10.3. The Hall–Kier alpha value is -3.26. The minimum Gasteiger partial charge on any atom is -0.490 e. The van der Waals surface area contributed by atoms with Gasteiger partial charge in [-0.2, -0.15) is 0 Å². The van der Waals surface area contributed by atoms with Gasteiger partial charge in [0.05, 0.1) is 17.2 Å². The zero-order valence-electron chi connectivity index (χ0n) is 21.5. The van der Waals surface area contributed by atoms with Crippen LogP contribution in [-0.4, -0.2) is 29.1 Å². The molecule has 0 N–H and O–H groups in total. The SMILES string of the molecule is C=CCc1cc(/C=C2/SC(=Nc3ccc(F)cc3)N(CC)C2=O)cc(OCC)c1OCc1ccc(Cl)cc1Cl. The number of nitrogens with zero attached hydrogens (tertiary/aromatic N) is 2. The van der Waals surface area contributed by atoms with Crippen LogP contribution in [0.4, 0.5) is 10.1 Å². The Balaban J connectivity index is 1.67. The van der Waals surface area contributed by atoms with Crippen molar-refractivity contribution in [1.29, 1.82) is 0 Å². The first kappa shape index (κ1) is 28.7. The van der Waals surface area contributed by atoms with Gasteiger partial charge >= 0.3 is 0 Å². The molecule has 1 heterocycles. The molecule has 4 rings (SSSR count). The lowest BCUT2D eigenvalue weighted by atomic mass is 10.0.